The molecule has 1 atom stereocenters. The molecule has 1 aliphatic heterocycles. The number of Topliss-reactive ketones (excluding diaryl/α,β-unsaturated/α-hetero) is 1. The lowest BCUT2D eigenvalue weighted by Gasteiger charge is -2.20. The van der Waals surface area contributed by atoms with Crippen LogP contribution in [0.4, 0.5) is 5.69 Å². The predicted molar refractivity (Wildman–Crippen MR) is 130 cm³/mol. The molecule has 0 spiro atoms. The lowest BCUT2D eigenvalue weighted by atomic mass is 10.0. The molecule has 1 heterocycles. The van der Waals surface area contributed by atoms with Gasteiger partial charge in [0.15, 0.2) is 18.2 Å². The van der Waals surface area contributed by atoms with Crippen LogP contribution in [0.2, 0.25) is 5.02 Å². The second-order valence-corrected chi connectivity index (χ2v) is 8.46. The van der Waals surface area contributed by atoms with Gasteiger partial charge in [-0.2, -0.15) is 0 Å². The molecule has 0 aromatic heterocycles. The van der Waals surface area contributed by atoms with Crippen molar-refractivity contribution < 1.29 is 28.7 Å². The van der Waals surface area contributed by atoms with Crippen LogP contribution in [0, 0.1) is 5.92 Å². The number of halogens is 1. The van der Waals surface area contributed by atoms with Gasteiger partial charge in [0, 0.05) is 34.7 Å². The van der Waals surface area contributed by atoms with E-state index in [1.807, 2.05) is 0 Å². The van der Waals surface area contributed by atoms with Gasteiger partial charge in [0.2, 0.25) is 5.91 Å². The maximum absolute atomic E-state index is 13.1. The standard InChI is InChI=1S/C27H22ClNO6/c1-34-21-10-7-17(8-11-21)24(30)16-35-27(33)19-13-25(31)29(15-19)23-12-9-20(28)14-22(23)26(32)18-5-3-2-4-6-18/h2-12,14,19H,13,15-16H2,1H3/t19-/m1/s1. The number of amides is 1. The van der Waals surface area contributed by atoms with Crippen molar-refractivity contribution >= 4 is 40.7 Å². The van der Waals surface area contributed by atoms with E-state index in [0.29, 0.717) is 27.6 Å². The highest BCUT2D eigenvalue weighted by Gasteiger charge is 2.38. The van der Waals surface area contributed by atoms with Gasteiger partial charge in [-0.3, -0.25) is 19.2 Å². The normalized spacial score (nSPS) is 15.1. The van der Waals surface area contributed by atoms with Crippen molar-refractivity contribution in [2.75, 3.05) is 25.2 Å². The first-order valence-electron chi connectivity index (χ1n) is 10.9. The number of ether oxygens (including phenoxy) is 2. The molecule has 178 valence electrons. The number of ketones is 2. The maximum Gasteiger partial charge on any atom is 0.311 e. The van der Waals surface area contributed by atoms with E-state index in [-0.39, 0.29) is 36.0 Å². The smallest absolute Gasteiger partial charge is 0.311 e. The predicted octanol–water partition coefficient (Wildman–Crippen LogP) is 4.36. The zero-order valence-electron chi connectivity index (χ0n) is 18.9. The van der Waals surface area contributed by atoms with Gasteiger partial charge in [0.05, 0.1) is 18.7 Å². The number of nitrogens with zero attached hydrogens (tertiary/aromatic N) is 1. The van der Waals surface area contributed by atoms with Gasteiger partial charge in [0.1, 0.15) is 5.75 Å². The maximum atomic E-state index is 13.1. The number of hydrogen-bond donors (Lipinski definition) is 0. The van der Waals surface area contributed by atoms with Crippen LogP contribution in [0.1, 0.15) is 32.7 Å². The Morgan fingerprint density at radius 3 is 2.37 bits per heavy atom. The lowest BCUT2D eigenvalue weighted by molar-refractivity contribution is -0.147. The van der Waals surface area contributed by atoms with E-state index in [2.05, 4.69) is 0 Å². The molecule has 3 aromatic carbocycles. The molecule has 1 fully saturated rings. The van der Waals surface area contributed by atoms with Crippen LogP contribution in [0.15, 0.2) is 72.8 Å². The van der Waals surface area contributed by atoms with E-state index in [1.165, 1.54) is 18.1 Å². The summed E-state index contributed by atoms with van der Waals surface area (Å²) in [5.74, 6) is -1.77. The largest absolute Gasteiger partial charge is 0.497 e. The molecule has 0 radical (unpaired) electrons. The van der Waals surface area contributed by atoms with Crippen molar-refractivity contribution in [1.29, 1.82) is 0 Å². The zero-order chi connectivity index (χ0) is 24.9. The highest BCUT2D eigenvalue weighted by atomic mass is 35.5. The van der Waals surface area contributed by atoms with Crippen LogP contribution in [0.5, 0.6) is 5.75 Å². The number of carbonyl (C=O) groups excluding carboxylic acids is 4. The Morgan fingerprint density at radius 2 is 1.69 bits per heavy atom. The number of benzene rings is 3. The minimum absolute atomic E-state index is 0.0328. The fraction of sp³-hybridized carbons (Fsp3) is 0.185. The molecule has 4 rings (SSSR count). The lowest BCUT2D eigenvalue weighted by Crippen LogP contribution is -2.28. The topological polar surface area (TPSA) is 90.0 Å². The van der Waals surface area contributed by atoms with E-state index in [0.717, 1.165) is 0 Å². The van der Waals surface area contributed by atoms with Gasteiger partial charge in [0.25, 0.3) is 0 Å². The van der Waals surface area contributed by atoms with Gasteiger partial charge in [-0.1, -0.05) is 41.9 Å². The van der Waals surface area contributed by atoms with Crippen LogP contribution in [0.3, 0.4) is 0 Å². The van der Waals surface area contributed by atoms with Crippen molar-refractivity contribution in [2.45, 2.75) is 6.42 Å². The molecule has 1 aliphatic rings. The van der Waals surface area contributed by atoms with Crippen LogP contribution in [-0.2, 0) is 14.3 Å². The summed E-state index contributed by atoms with van der Waals surface area (Å²) in [7, 11) is 1.52. The molecular formula is C27H22ClNO6. The van der Waals surface area contributed by atoms with Crippen molar-refractivity contribution in [1.82, 2.24) is 0 Å². The first-order valence-corrected chi connectivity index (χ1v) is 11.3. The third kappa shape index (κ3) is 5.41. The molecular weight excluding hydrogens is 470 g/mol. The fourth-order valence-electron chi connectivity index (χ4n) is 3.88. The van der Waals surface area contributed by atoms with Crippen LogP contribution in [-0.4, -0.2) is 43.7 Å². The first kappa shape index (κ1) is 24.2. The number of hydrogen-bond acceptors (Lipinski definition) is 6. The molecule has 8 heteroatoms. The summed E-state index contributed by atoms with van der Waals surface area (Å²) in [5.41, 5.74) is 1.47. The highest BCUT2D eigenvalue weighted by molar-refractivity contribution is 6.31. The van der Waals surface area contributed by atoms with E-state index in [9.17, 15) is 19.2 Å². The van der Waals surface area contributed by atoms with Gasteiger partial charge in [-0.25, -0.2) is 0 Å². The molecule has 7 nitrogen and oxygen atoms in total. The van der Waals surface area contributed by atoms with E-state index in [1.54, 1.807) is 66.7 Å². The average molecular weight is 492 g/mol. The molecule has 0 unspecified atom stereocenters. The number of carbonyl (C=O) groups is 4. The third-order valence-electron chi connectivity index (χ3n) is 5.75. The van der Waals surface area contributed by atoms with Crippen molar-refractivity contribution in [3.05, 3.63) is 94.5 Å². The summed E-state index contributed by atoms with van der Waals surface area (Å²) < 4.78 is 10.3. The Morgan fingerprint density at radius 1 is 0.971 bits per heavy atom. The van der Waals surface area contributed by atoms with Gasteiger partial charge in [-0.05, 0) is 42.5 Å². The number of methoxy groups -OCH3 is 1. The molecule has 0 saturated carbocycles. The Balaban J connectivity index is 1.45. The van der Waals surface area contributed by atoms with Gasteiger partial charge in [-0.15, -0.1) is 0 Å². The number of esters is 1. The summed E-state index contributed by atoms with van der Waals surface area (Å²) in [5, 5.41) is 0.354. The monoisotopic (exact) mass is 491 g/mol. The SMILES string of the molecule is COc1ccc(C(=O)COC(=O)[C@@H]2CC(=O)N(c3ccc(Cl)cc3C(=O)c3ccccc3)C2)cc1. The van der Waals surface area contributed by atoms with Crippen LogP contribution >= 0.6 is 11.6 Å². The summed E-state index contributed by atoms with van der Waals surface area (Å²) >= 11 is 6.14. The third-order valence-corrected chi connectivity index (χ3v) is 5.98. The molecule has 1 saturated heterocycles. The Hall–Kier alpha value is -3.97. The van der Waals surface area contributed by atoms with Crippen molar-refractivity contribution in [3.63, 3.8) is 0 Å². The fourth-order valence-corrected chi connectivity index (χ4v) is 4.06. The average Bonchev–Trinajstić information content (AvgIpc) is 3.28. The van der Waals surface area contributed by atoms with E-state index >= 15 is 0 Å². The molecule has 0 bridgehead atoms. The summed E-state index contributed by atoms with van der Waals surface area (Å²) in [6.07, 6.45) is -0.0862. The van der Waals surface area contributed by atoms with Gasteiger partial charge < -0.3 is 14.4 Å². The van der Waals surface area contributed by atoms with E-state index in [4.69, 9.17) is 21.1 Å². The molecule has 0 aliphatic carbocycles. The molecule has 0 N–H and O–H groups in total. The Bertz CT molecular complexity index is 1270. The summed E-state index contributed by atoms with van der Waals surface area (Å²) in [4.78, 5) is 52.3. The Kier molecular flexibility index (Phi) is 7.27. The van der Waals surface area contributed by atoms with Crippen molar-refractivity contribution in [3.8, 4) is 5.75 Å². The second-order valence-electron chi connectivity index (χ2n) is 8.02. The Labute approximate surface area is 207 Å². The molecule has 1 amide bonds. The van der Waals surface area contributed by atoms with Gasteiger partial charge >= 0.3 is 5.97 Å². The minimum atomic E-state index is -0.762. The highest BCUT2D eigenvalue weighted by Crippen LogP contribution is 2.32. The van der Waals surface area contributed by atoms with Crippen LogP contribution in [0.25, 0.3) is 0 Å². The minimum Gasteiger partial charge on any atom is -0.497 e. The number of anilines is 1. The summed E-state index contributed by atoms with van der Waals surface area (Å²) in [6.45, 7) is -0.403. The molecule has 35 heavy (non-hydrogen) atoms. The van der Waals surface area contributed by atoms with E-state index < -0.39 is 18.5 Å². The first-order chi connectivity index (χ1) is 16.9. The summed E-state index contributed by atoms with van der Waals surface area (Å²) in [6, 6.07) is 19.8. The second kappa shape index (κ2) is 10.5. The number of rotatable bonds is 8. The van der Waals surface area contributed by atoms with Crippen LogP contribution < -0.4 is 9.64 Å². The quantitative estimate of drug-likeness (QED) is 0.343. The zero-order valence-corrected chi connectivity index (χ0v) is 19.7. The van der Waals surface area contributed by atoms with Crippen molar-refractivity contribution in [2.24, 2.45) is 5.92 Å². The molecule has 3 aromatic rings.